The molecule has 0 saturated carbocycles. The molecule has 0 spiro atoms. The zero-order valence-electron chi connectivity index (χ0n) is 10.7. The zero-order valence-corrected chi connectivity index (χ0v) is 11.4. The molecule has 0 radical (unpaired) electrons. The van der Waals surface area contributed by atoms with Gasteiger partial charge in [-0.2, -0.15) is 0 Å². The van der Waals surface area contributed by atoms with Gasteiger partial charge in [0.15, 0.2) is 0 Å². The smallest absolute Gasteiger partial charge is 0.142 e. The van der Waals surface area contributed by atoms with Crippen molar-refractivity contribution in [1.82, 2.24) is 5.32 Å². The second-order valence-electron chi connectivity index (χ2n) is 4.38. The Bertz CT molecular complexity index is 491. The summed E-state index contributed by atoms with van der Waals surface area (Å²) in [6.07, 6.45) is 3.75. The fourth-order valence-corrected chi connectivity index (χ4v) is 2.26. The van der Waals surface area contributed by atoms with Gasteiger partial charge in [-0.25, -0.2) is 8.78 Å². The van der Waals surface area contributed by atoms with E-state index in [1.807, 2.05) is 13.0 Å². The lowest BCUT2D eigenvalue weighted by Gasteiger charge is -2.25. The number of ether oxygens (including phenoxy) is 1. The van der Waals surface area contributed by atoms with Gasteiger partial charge < -0.3 is 10.1 Å². The van der Waals surface area contributed by atoms with Gasteiger partial charge in [0, 0.05) is 5.56 Å². The maximum atomic E-state index is 14.0. The molecule has 1 aliphatic heterocycles. The number of benzene rings is 1. The molecule has 0 fully saturated rings. The van der Waals surface area contributed by atoms with Crippen LogP contribution >= 0.6 is 11.6 Å². The van der Waals surface area contributed by atoms with Crippen molar-refractivity contribution in [2.24, 2.45) is 0 Å². The summed E-state index contributed by atoms with van der Waals surface area (Å²) in [5.41, 5.74) is 0.219. The van der Waals surface area contributed by atoms with Crippen LogP contribution in [0.2, 0.25) is 5.02 Å². The summed E-state index contributed by atoms with van der Waals surface area (Å²) >= 11 is 5.57. The highest BCUT2D eigenvalue weighted by Crippen LogP contribution is 2.30. The van der Waals surface area contributed by atoms with Crippen LogP contribution in [0.25, 0.3) is 0 Å². The maximum Gasteiger partial charge on any atom is 0.142 e. The van der Waals surface area contributed by atoms with E-state index in [4.69, 9.17) is 16.3 Å². The Hall–Kier alpha value is -1.13. The average molecular weight is 288 g/mol. The van der Waals surface area contributed by atoms with E-state index in [2.05, 4.69) is 5.32 Å². The first-order valence-corrected chi connectivity index (χ1v) is 6.72. The number of hydrogen-bond acceptors (Lipinski definition) is 2. The minimum Gasteiger partial charge on any atom is -0.496 e. The molecule has 0 saturated heterocycles. The molecule has 0 aromatic heterocycles. The van der Waals surface area contributed by atoms with Gasteiger partial charge in [0.05, 0.1) is 17.7 Å². The molecule has 0 amide bonds. The molecule has 1 aromatic carbocycles. The minimum absolute atomic E-state index is 0.213. The summed E-state index contributed by atoms with van der Waals surface area (Å²) in [5.74, 6) is -0.515. The van der Waals surface area contributed by atoms with E-state index in [0.717, 1.165) is 25.0 Å². The minimum atomic E-state index is -0.627. The van der Waals surface area contributed by atoms with Crippen molar-refractivity contribution in [2.75, 3.05) is 13.2 Å². The Kier molecular flexibility index (Phi) is 4.77. The van der Waals surface area contributed by atoms with Crippen LogP contribution in [0.4, 0.5) is 8.78 Å². The second kappa shape index (κ2) is 6.35. The van der Waals surface area contributed by atoms with Crippen LogP contribution in [0, 0.1) is 11.6 Å². The number of rotatable bonds is 4. The Labute approximate surface area is 116 Å². The molecular weight excluding hydrogens is 272 g/mol. The summed E-state index contributed by atoms with van der Waals surface area (Å²) < 4.78 is 33.1. The number of allylic oxidation sites excluding steroid dienone is 1. The molecule has 19 heavy (non-hydrogen) atoms. The van der Waals surface area contributed by atoms with Crippen molar-refractivity contribution in [3.8, 4) is 0 Å². The summed E-state index contributed by atoms with van der Waals surface area (Å²) in [6.45, 7) is 3.13. The number of likely N-dealkylation sites (N-methyl/N-ethyl adjacent to an activating group) is 1. The van der Waals surface area contributed by atoms with Crippen molar-refractivity contribution in [3.63, 3.8) is 0 Å². The fourth-order valence-electron chi connectivity index (χ4n) is 2.10. The Morgan fingerprint density at radius 1 is 1.37 bits per heavy atom. The molecule has 5 heteroatoms. The molecular formula is C14H16ClF2NO. The third-order valence-electron chi connectivity index (χ3n) is 3.01. The summed E-state index contributed by atoms with van der Waals surface area (Å²) in [5, 5.41) is 2.90. The molecule has 1 aliphatic rings. The monoisotopic (exact) mass is 287 g/mol. The van der Waals surface area contributed by atoms with Gasteiger partial charge >= 0.3 is 0 Å². The van der Waals surface area contributed by atoms with Crippen molar-refractivity contribution in [2.45, 2.75) is 25.8 Å². The SMILES string of the molecule is CCNC(C1=CCCCO1)c1cc(F)c(Cl)cc1F. The summed E-state index contributed by atoms with van der Waals surface area (Å²) in [6, 6.07) is 1.65. The second-order valence-corrected chi connectivity index (χ2v) is 4.78. The van der Waals surface area contributed by atoms with Crippen molar-refractivity contribution in [1.29, 1.82) is 0 Å². The van der Waals surface area contributed by atoms with Crippen molar-refractivity contribution < 1.29 is 13.5 Å². The summed E-state index contributed by atoms with van der Waals surface area (Å²) in [4.78, 5) is 0. The number of nitrogens with one attached hydrogen (secondary N) is 1. The molecule has 2 rings (SSSR count). The van der Waals surface area contributed by atoms with Crippen LogP contribution in [-0.2, 0) is 4.74 Å². The van der Waals surface area contributed by atoms with Crippen LogP contribution in [0.1, 0.15) is 31.4 Å². The largest absolute Gasteiger partial charge is 0.496 e. The molecule has 1 atom stereocenters. The Morgan fingerprint density at radius 3 is 2.79 bits per heavy atom. The number of hydrogen-bond donors (Lipinski definition) is 1. The van der Waals surface area contributed by atoms with E-state index in [-0.39, 0.29) is 10.6 Å². The predicted molar refractivity (Wildman–Crippen MR) is 71.1 cm³/mol. The van der Waals surface area contributed by atoms with Gasteiger partial charge in [-0.1, -0.05) is 18.5 Å². The first kappa shape index (κ1) is 14.3. The van der Waals surface area contributed by atoms with Crippen LogP contribution in [0.3, 0.4) is 0 Å². The van der Waals surface area contributed by atoms with Gasteiger partial charge in [-0.15, -0.1) is 0 Å². The van der Waals surface area contributed by atoms with Gasteiger partial charge in [-0.05, 0) is 37.6 Å². The maximum absolute atomic E-state index is 14.0. The topological polar surface area (TPSA) is 21.3 Å². The quantitative estimate of drug-likeness (QED) is 0.846. The van der Waals surface area contributed by atoms with Crippen LogP contribution in [0.5, 0.6) is 0 Å². The average Bonchev–Trinajstić information content (AvgIpc) is 2.42. The first-order chi connectivity index (χ1) is 9.13. The van der Waals surface area contributed by atoms with Crippen molar-refractivity contribution in [3.05, 3.63) is 46.2 Å². The van der Waals surface area contributed by atoms with E-state index < -0.39 is 17.7 Å². The Morgan fingerprint density at radius 2 is 2.16 bits per heavy atom. The zero-order chi connectivity index (χ0) is 13.8. The molecule has 1 N–H and O–H groups in total. The molecule has 0 bridgehead atoms. The highest BCUT2D eigenvalue weighted by atomic mass is 35.5. The van der Waals surface area contributed by atoms with Gasteiger partial charge in [0.25, 0.3) is 0 Å². The highest BCUT2D eigenvalue weighted by molar-refractivity contribution is 6.30. The third kappa shape index (κ3) is 3.25. The molecule has 104 valence electrons. The standard InChI is InChI=1S/C14H16ClF2NO/c1-2-18-14(13-5-3-4-6-19-13)9-7-12(17)10(15)8-11(9)16/h5,7-8,14,18H,2-4,6H2,1H3. The van der Waals surface area contributed by atoms with Crippen molar-refractivity contribution >= 4 is 11.6 Å². The first-order valence-electron chi connectivity index (χ1n) is 6.34. The highest BCUT2D eigenvalue weighted by Gasteiger charge is 2.23. The predicted octanol–water partition coefficient (Wildman–Crippen LogP) is 3.96. The normalized spacial score (nSPS) is 16.7. The van der Waals surface area contributed by atoms with E-state index >= 15 is 0 Å². The molecule has 1 unspecified atom stereocenters. The van der Waals surface area contributed by atoms with Gasteiger partial charge in [0.2, 0.25) is 0 Å². The van der Waals surface area contributed by atoms with Gasteiger partial charge in [-0.3, -0.25) is 0 Å². The Balaban J connectivity index is 2.38. The molecule has 1 heterocycles. The lowest BCUT2D eigenvalue weighted by atomic mass is 10.0. The lowest BCUT2D eigenvalue weighted by molar-refractivity contribution is 0.167. The van der Waals surface area contributed by atoms with E-state index in [1.165, 1.54) is 0 Å². The fraction of sp³-hybridized carbons (Fsp3) is 0.429. The van der Waals surface area contributed by atoms with Crippen LogP contribution in [-0.4, -0.2) is 13.2 Å². The van der Waals surface area contributed by atoms with E-state index in [1.54, 1.807) is 0 Å². The third-order valence-corrected chi connectivity index (χ3v) is 3.30. The van der Waals surface area contributed by atoms with Crippen LogP contribution < -0.4 is 5.32 Å². The molecule has 2 nitrogen and oxygen atoms in total. The summed E-state index contributed by atoms with van der Waals surface area (Å²) in [7, 11) is 0. The lowest BCUT2D eigenvalue weighted by Crippen LogP contribution is -2.26. The van der Waals surface area contributed by atoms with E-state index in [9.17, 15) is 8.78 Å². The number of halogens is 3. The van der Waals surface area contributed by atoms with Gasteiger partial charge in [0.1, 0.15) is 17.4 Å². The van der Waals surface area contributed by atoms with Crippen LogP contribution in [0.15, 0.2) is 24.0 Å². The molecule has 0 aliphatic carbocycles. The molecule has 1 aromatic rings. The van der Waals surface area contributed by atoms with E-state index in [0.29, 0.717) is 18.9 Å².